The number of nitriles is 1. The van der Waals surface area contributed by atoms with Crippen LogP contribution in [0.25, 0.3) is 0 Å². The second-order valence-electron chi connectivity index (χ2n) is 3.61. The van der Waals surface area contributed by atoms with Crippen molar-refractivity contribution in [1.82, 2.24) is 0 Å². The van der Waals surface area contributed by atoms with Crippen LogP contribution in [-0.4, -0.2) is 7.11 Å². The lowest BCUT2D eigenvalue weighted by molar-refractivity contribution is 0.411. The predicted molar refractivity (Wildman–Crippen MR) is 61.5 cm³/mol. The molecule has 0 saturated carbocycles. The molecule has 0 aliphatic carbocycles. The van der Waals surface area contributed by atoms with Crippen molar-refractivity contribution in [3.63, 3.8) is 0 Å². The van der Waals surface area contributed by atoms with Crippen LogP contribution in [-0.2, 0) is 0 Å². The van der Waals surface area contributed by atoms with Crippen molar-refractivity contribution >= 4 is 11.6 Å². The first kappa shape index (κ1) is 11.9. The maximum Gasteiger partial charge on any atom is 0.140 e. The molecule has 0 fully saturated rings. The van der Waals surface area contributed by atoms with Gasteiger partial charge in [0.15, 0.2) is 0 Å². The average molecular weight is 224 g/mol. The minimum Gasteiger partial charge on any atom is -0.495 e. The number of benzene rings is 1. The zero-order chi connectivity index (χ0) is 11.6. The first-order valence-corrected chi connectivity index (χ1v) is 5.13. The quantitative estimate of drug-likeness (QED) is 0.768. The van der Waals surface area contributed by atoms with Crippen molar-refractivity contribution in [3.05, 3.63) is 27.8 Å². The minimum atomic E-state index is -0.146. The number of rotatable bonds is 2. The topological polar surface area (TPSA) is 33.0 Å². The molecule has 0 radical (unpaired) electrons. The summed E-state index contributed by atoms with van der Waals surface area (Å²) in [5.74, 6) is 0.551. The maximum absolute atomic E-state index is 8.90. The van der Waals surface area contributed by atoms with Gasteiger partial charge in [0.05, 0.1) is 24.1 Å². The van der Waals surface area contributed by atoms with Gasteiger partial charge < -0.3 is 4.74 Å². The number of nitrogens with zero attached hydrogens (tertiary/aromatic N) is 1. The van der Waals surface area contributed by atoms with Gasteiger partial charge in [-0.05, 0) is 37.5 Å². The van der Waals surface area contributed by atoms with Crippen molar-refractivity contribution in [3.8, 4) is 11.8 Å². The molecule has 80 valence electrons. The van der Waals surface area contributed by atoms with Crippen LogP contribution in [0.4, 0.5) is 0 Å². The molecule has 1 rings (SSSR count). The summed E-state index contributed by atoms with van der Waals surface area (Å²) in [5, 5.41) is 9.50. The molecule has 0 spiro atoms. The van der Waals surface area contributed by atoms with Crippen molar-refractivity contribution in [2.24, 2.45) is 0 Å². The van der Waals surface area contributed by atoms with Crippen molar-refractivity contribution in [2.45, 2.75) is 26.7 Å². The predicted octanol–water partition coefficient (Wildman–Crippen LogP) is 3.59. The number of hydrogen-bond donors (Lipinski definition) is 0. The van der Waals surface area contributed by atoms with Crippen LogP contribution < -0.4 is 4.74 Å². The van der Waals surface area contributed by atoms with Crippen LogP contribution >= 0.6 is 11.6 Å². The summed E-state index contributed by atoms with van der Waals surface area (Å²) >= 11 is 6.17. The fourth-order valence-corrected chi connectivity index (χ4v) is 1.98. The molecule has 0 bridgehead atoms. The van der Waals surface area contributed by atoms with E-state index in [2.05, 4.69) is 6.07 Å². The Morgan fingerprint density at radius 2 is 2.07 bits per heavy atom. The van der Waals surface area contributed by atoms with Crippen molar-refractivity contribution in [1.29, 1.82) is 5.26 Å². The van der Waals surface area contributed by atoms with Crippen LogP contribution in [0.15, 0.2) is 6.07 Å². The highest BCUT2D eigenvalue weighted by molar-refractivity contribution is 6.33. The number of ether oxygens (including phenoxy) is 1. The molecular formula is C12H14ClNO. The third kappa shape index (κ3) is 2.08. The van der Waals surface area contributed by atoms with Gasteiger partial charge in [-0.25, -0.2) is 0 Å². The molecule has 0 amide bonds. The van der Waals surface area contributed by atoms with E-state index in [0.717, 1.165) is 16.7 Å². The van der Waals surface area contributed by atoms with Crippen LogP contribution in [0.2, 0.25) is 5.02 Å². The van der Waals surface area contributed by atoms with Crippen LogP contribution in [0.3, 0.4) is 0 Å². The highest BCUT2D eigenvalue weighted by Crippen LogP contribution is 2.36. The molecule has 0 saturated heterocycles. The summed E-state index contributed by atoms with van der Waals surface area (Å²) in [6, 6.07) is 4.18. The molecule has 1 atom stereocenters. The standard InChI is InChI=1S/C12H14ClNO/c1-7-5-10(8(2)6-14)9(3)11(13)12(7)15-4/h5,8H,1-4H3. The highest BCUT2D eigenvalue weighted by atomic mass is 35.5. The number of methoxy groups -OCH3 is 1. The van der Waals surface area contributed by atoms with Gasteiger partial charge in [0.2, 0.25) is 0 Å². The summed E-state index contributed by atoms with van der Waals surface area (Å²) in [7, 11) is 1.60. The molecule has 0 aliphatic heterocycles. The van der Waals surface area contributed by atoms with E-state index in [1.165, 1.54) is 0 Å². The molecule has 0 aliphatic rings. The lowest BCUT2D eigenvalue weighted by Crippen LogP contribution is -1.99. The van der Waals surface area contributed by atoms with Gasteiger partial charge in [0.25, 0.3) is 0 Å². The molecule has 2 nitrogen and oxygen atoms in total. The second kappa shape index (κ2) is 4.55. The monoisotopic (exact) mass is 223 g/mol. The van der Waals surface area contributed by atoms with E-state index in [9.17, 15) is 0 Å². The second-order valence-corrected chi connectivity index (χ2v) is 3.98. The van der Waals surface area contributed by atoms with Gasteiger partial charge in [-0.1, -0.05) is 17.7 Å². The first-order chi connectivity index (χ1) is 7.02. The molecular weight excluding hydrogens is 210 g/mol. The third-order valence-corrected chi connectivity index (χ3v) is 3.01. The zero-order valence-corrected chi connectivity index (χ0v) is 10.1. The molecule has 3 heteroatoms. The molecule has 1 aromatic carbocycles. The van der Waals surface area contributed by atoms with Crippen molar-refractivity contribution in [2.75, 3.05) is 7.11 Å². The SMILES string of the molecule is COc1c(C)cc(C(C)C#N)c(C)c1Cl. The van der Waals surface area contributed by atoms with E-state index in [0.29, 0.717) is 10.8 Å². The lowest BCUT2D eigenvalue weighted by atomic mass is 9.95. The number of hydrogen-bond acceptors (Lipinski definition) is 2. The highest BCUT2D eigenvalue weighted by Gasteiger charge is 2.15. The Bertz CT molecular complexity index is 421. The molecule has 0 heterocycles. The van der Waals surface area contributed by atoms with E-state index in [4.69, 9.17) is 21.6 Å². The van der Waals surface area contributed by atoms with E-state index < -0.39 is 0 Å². The van der Waals surface area contributed by atoms with Crippen LogP contribution in [0, 0.1) is 25.2 Å². The van der Waals surface area contributed by atoms with Gasteiger partial charge in [-0.2, -0.15) is 5.26 Å². The number of aryl methyl sites for hydroxylation is 1. The molecule has 1 aromatic rings. The smallest absolute Gasteiger partial charge is 0.140 e. The van der Waals surface area contributed by atoms with Gasteiger partial charge in [0, 0.05) is 0 Å². The largest absolute Gasteiger partial charge is 0.495 e. The summed E-state index contributed by atoms with van der Waals surface area (Å²) in [6.07, 6.45) is 0. The van der Waals surface area contributed by atoms with Gasteiger partial charge in [0.1, 0.15) is 5.75 Å². The maximum atomic E-state index is 8.90. The van der Waals surface area contributed by atoms with E-state index in [1.54, 1.807) is 7.11 Å². The Morgan fingerprint density at radius 1 is 1.47 bits per heavy atom. The molecule has 0 N–H and O–H groups in total. The average Bonchev–Trinajstić information content (AvgIpc) is 2.23. The summed E-state index contributed by atoms with van der Waals surface area (Å²) in [4.78, 5) is 0. The molecule has 0 aromatic heterocycles. The fourth-order valence-electron chi connectivity index (χ4n) is 1.65. The Labute approximate surface area is 95.4 Å². The first-order valence-electron chi connectivity index (χ1n) is 4.76. The minimum absolute atomic E-state index is 0.146. The van der Waals surface area contributed by atoms with Gasteiger partial charge in [-0.3, -0.25) is 0 Å². The summed E-state index contributed by atoms with van der Waals surface area (Å²) < 4.78 is 5.21. The van der Waals surface area contributed by atoms with Gasteiger partial charge >= 0.3 is 0 Å². The zero-order valence-electron chi connectivity index (χ0n) is 9.39. The fraction of sp³-hybridized carbons (Fsp3) is 0.417. The third-order valence-electron chi connectivity index (χ3n) is 2.56. The van der Waals surface area contributed by atoms with Crippen LogP contribution in [0.1, 0.15) is 29.5 Å². The van der Waals surface area contributed by atoms with Crippen LogP contribution in [0.5, 0.6) is 5.75 Å². The van der Waals surface area contributed by atoms with E-state index in [-0.39, 0.29) is 5.92 Å². The van der Waals surface area contributed by atoms with E-state index in [1.807, 2.05) is 26.8 Å². The Balaban J connectivity index is 3.42. The molecule has 15 heavy (non-hydrogen) atoms. The Hall–Kier alpha value is -1.20. The van der Waals surface area contributed by atoms with Gasteiger partial charge in [-0.15, -0.1) is 0 Å². The number of halogens is 1. The Morgan fingerprint density at radius 3 is 2.53 bits per heavy atom. The molecule has 1 unspecified atom stereocenters. The normalized spacial score (nSPS) is 12.0. The summed E-state index contributed by atoms with van der Waals surface area (Å²) in [6.45, 7) is 5.70. The summed E-state index contributed by atoms with van der Waals surface area (Å²) in [5.41, 5.74) is 2.86. The van der Waals surface area contributed by atoms with Crippen molar-refractivity contribution < 1.29 is 4.74 Å². The Kier molecular flexibility index (Phi) is 3.60. The lowest BCUT2D eigenvalue weighted by Gasteiger charge is -2.15. The van der Waals surface area contributed by atoms with E-state index >= 15 is 0 Å².